The quantitative estimate of drug-likeness (QED) is 0.441. The zero-order chi connectivity index (χ0) is 9.14. The molecule has 0 radical (unpaired) electrons. The fourth-order valence-corrected chi connectivity index (χ4v) is 1.27. The molecule has 0 saturated heterocycles. The highest BCUT2D eigenvalue weighted by atomic mass is 127. The number of hydrogen-bond acceptors (Lipinski definition) is 2. The van der Waals surface area contributed by atoms with Crippen LogP contribution in [0.2, 0.25) is 0 Å². The van der Waals surface area contributed by atoms with Crippen LogP contribution in [-0.4, -0.2) is 6.08 Å². The van der Waals surface area contributed by atoms with Crippen LogP contribution in [0.1, 0.15) is 5.56 Å². The van der Waals surface area contributed by atoms with Crippen LogP contribution in [0.3, 0.4) is 0 Å². The lowest BCUT2D eigenvalue weighted by atomic mass is 10.2. The van der Waals surface area contributed by atoms with Gasteiger partial charge in [0.1, 0.15) is 5.82 Å². The highest BCUT2D eigenvalue weighted by Crippen LogP contribution is 2.25. The van der Waals surface area contributed by atoms with Crippen molar-refractivity contribution in [1.82, 2.24) is 0 Å². The van der Waals surface area contributed by atoms with Gasteiger partial charge in [-0.3, -0.25) is 0 Å². The third-order valence-corrected chi connectivity index (χ3v) is 2.77. The van der Waals surface area contributed by atoms with Crippen LogP contribution in [0.25, 0.3) is 0 Å². The van der Waals surface area contributed by atoms with Crippen molar-refractivity contribution in [3.05, 3.63) is 27.1 Å². The monoisotopic (exact) mass is 277 g/mol. The van der Waals surface area contributed by atoms with Crippen molar-refractivity contribution in [2.24, 2.45) is 4.99 Å². The molecule has 0 spiro atoms. The molecule has 0 aliphatic carbocycles. The normalized spacial score (nSPS) is 9.25. The third-order valence-electron chi connectivity index (χ3n) is 1.37. The Morgan fingerprint density at radius 2 is 2.25 bits per heavy atom. The molecule has 0 amide bonds. The van der Waals surface area contributed by atoms with Crippen LogP contribution in [0, 0.1) is 16.3 Å². The number of carbonyl (C=O) groups excluding carboxylic acids is 1. The predicted molar refractivity (Wildman–Crippen MR) is 51.6 cm³/mol. The largest absolute Gasteiger partial charge is 0.240 e. The van der Waals surface area contributed by atoms with E-state index in [1.807, 2.05) is 22.6 Å². The van der Waals surface area contributed by atoms with Crippen LogP contribution in [0.5, 0.6) is 0 Å². The standard InChI is InChI=1S/C8H5FINO/c1-5-2-6(9)3-7(8(5)10)11-4-12/h2-3H,1H3. The number of aliphatic imine (C=N–C) groups is 1. The number of aryl methyl sites for hydroxylation is 1. The Morgan fingerprint density at radius 3 is 2.83 bits per heavy atom. The van der Waals surface area contributed by atoms with Crippen molar-refractivity contribution in [3.8, 4) is 0 Å². The average molecular weight is 277 g/mol. The van der Waals surface area contributed by atoms with Crippen LogP contribution >= 0.6 is 22.6 Å². The van der Waals surface area contributed by atoms with Crippen molar-refractivity contribution in [2.75, 3.05) is 0 Å². The average Bonchev–Trinajstić information content (AvgIpc) is 2.00. The molecule has 0 aromatic heterocycles. The first-order valence-corrected chi connectivity index (χ1v) is 4.26. The van der Waals surface area contributed by atoms with Gasteiger partial charge in [-0.05, 0) is 41.1 Å². The Hall–Kier alpha value is -0.740. The lowest BCUT2D eigenvalue weighted by Crippen LogP contribution is -1.83. The lowest BCUT2D eigenvalue weighted by molar-refractivity contribution is 0.565. The van der Waals surface area contributed by atoms with Crippen molar-refractivity contribution >= 4 is 34.4 Å². The number of rotatable bonds is 1. The maximum atomic E-state index is 12.7. The third kappa shape index (κ3) is 1.89. The summed E-state index contributed by atoms with van der Waals surface area (Å²) in [5.41, 5.74) is 1.10. The van der Waals surface area contributed by atoms with E-state index in [1.54, 1.807) is 6.92 Å². The molecule has 62 valence electrons. The number of isocyanates is 1. The summed E-state index contributed by atoms with van der Waals surface area (Å²) in [6.07, 6.45) is 1.38. The molecule has 0 aliphatic heterocycles. The molecule has 1 aromatic rings. The number of halogens is 2. The molecule has 4 heteroatoms. The molecule has 1 aromatic carbocycles. The first kappa shape index (κ1) is 9.35. The fraction of sp³-hybridized carbons (Fsp3) is 0.125. The van der Waals surface area contributed by atoms with Crippen LogP contribution in [0.15, 0.2) is 17.1 Å². The van der Waals surface area contributed by atoms with Gasteiger partial charge in [0.15, 0.2) is 0 Å². The fourth-order valence-electron chi connectivity index (χ4n) is 0.838. The molecule has 0 aliphatic rings. The van der Waals surface area contributed by atoms with Gasteiger partial charge in [-0.15, -0.1) is 0 Å². The Balaban J connectivity index is 3.36. The summed E-state index contributed by atoms with van der Waals surface area (Å²) in [7, 11) is 0. The Bertz CT molecular complexity index is 358. The van der Waals surface area contributed by atoms with E-state index in [0.717, 1.165) is 9.13 Å². The minimum Gasteiger partial charge on any atom is -0.211 e. The topological polar surface area (TPSA) is 29.4 Å². The SMILES string of the molecule is Cc1cc(F)cc(N=C=O)c1I. The van der Waals surface area contributed by atoms with E-state index in [9.17, 15) is 9.18 Å². The summed E-state index contributed by atoms with van der Waals surface area (Å²) < 4.78 is 13.5. The van der Waals surface area contributed by atoms with E-state index < -0.39 is 0 Å². The molecule has 0 bridgehead atoms. The van der Waals surface area contributed by atoms with Crippen LogP contribution in [0.4, 0.5) is 10.1 Å². The zero-order valence-electron chi connectivity index (χ0n) is 6.27. The summed E-state index contributed by atoms with van der Waals surface area (Å²) >= 11 is 2.01. The van der Waals surface area contributed by atoms with Gasteiger partial charge >= 0.3 is 0 Å². The molecule has 0 unspecified atom stereocenters. The maximum absolute atomic E-state index is 12.7. The van der Waals surface area contributed by atoms with Gasteiger partial charge in [0.05, 0.1) is 5.69 Å². The predicted octanol–water partition coefficient (Wildman–Crippen LogP) is 2.71. The molecule has 12 heavy (non-hydrogen) atoms. The molecular weight excluding hydrogens is 272 g/mol. The molecule has 0 N–H and O–H groups in total. The Morgan fingerprint density at radius 1 is 1.58 bits per heavy atom. The van der Waals surface area contributed by atoms with E-state index in [4.69, 9.17) is 0 Å². The van der Waals surface area contributed by atoms with Crippen molar-refractivity contribution in [3.63, 3.8) is 0 Å². The van der Waals surface area contributed by atoms with Crippen molar-refractivity contribution in [1.29, 1.82) is 0 Å². The first-order chi connectivity index (χ1) is 5.65. The maximum Gasteiger partial charge on any atom is 0.240 e. The minimum atomic E-state index is -0.387. The van der Waals surface area contributed by atoms with Gasteiger partial charge < -0.3 is 0 Å². The summed E-state index contributed by atoms with van der Waals surface area (Å²) in [4.78, 5) is 13.3. The van der Waals surface area contributed by atoms with Gasteiger partial charge in [-0.1, -0.05) is 0 Å². The first-order valence-electron chi connectivity index (χ1n) is 3.18. The van der Waals surface area contributed by atoms with E-state index in [1.165, 1.54) is 18.2 Å². The molecule has 0 atom stereocenters. The second kappa shape index (κ2) is 3.78. The van der Waals surface area contributed by atoms with Gasteiger partial charge in [0.2, 0.25) is 6.08 Å². The second-order valence-electron chi connectivity index (χ2n) is 2.26. The summed E-state index contributed by atoms with van der Waals surface area (Å²) in [5, 5.41) is 0. The second-order valence-corrected chi connectivity index (χ2v) is 3.34. The molecule has 2 nitrogen and oxygen atoms in total. The molecule has 0 fully saturated rings. The van der Waals surface area contributed by atoms with Crippen LogP contribution < -0.4 is 0 Å². The molecule has 0 heterocycles. The van der Waals surface area contributed by atoms with Gasteiger partial charge in [0.25, 0.3) is 0 Å². The zero-order valence-corrected chi connectivity index (χ0v) is 8.42. The highest BCUT2D eigenvalue weighted by molar-refractivity contribution is 14.1. The molecule has 1 rings (SSSR count). The van der Waals surface area contributed by atoms with E-state index in [0.29, 0.717) is 5.69 Å². The summed E-state index contributed by atoms with van der Waals surface area (Å²) in [5.74, 6) is -0.387. The smallest absolute Gasteiger partial charge is 0.211 e. The highest BCUT2D eigenvalue weighted by Gasteiger charge is 2.03. The van der Waals surface area contributed by atoms with Gasteiger partial charge in [-0.25, -0.2) is 9.18 Å². The minimum absolute atomic E-state index is 0.336. The van der Waals surface area contributed by atoms with Crippen molar-refractivity contribution in [2.45, 2.75) is 6.92 Å². The number of nitrogens with zero attached hydrogens (tertiary/aromatic N) is 1. The number of benzene rings is 1. The van der Waals surface area contributed by atoms with E-state index >= 15 is 0 Å². The molecule has 0 saturated carbocycles. The lowest BCUT2D eigenvalue weighted by Gasteiger charge is -2.00. The van der Waals surface area contributed by atoms with Crippen molar-refractivity contribution < 1.29 is 9.18 Å². The van der Waals surface area contributed by atoms with Crippen LogP contribution in [-0.2, 0) is 4.79 Å². The van der Waals surface area contributed by atoms with E-state index in [2.05, 4.69) is 4.99 Å². The Kier molecular flexibility index (Phi) is 2.94. The summed E-state index contributed by atoms with van der Waals surface area (Å²) in [6, 6.07) is 2.60. The number of hydrogen-bond donors (Lipinski definition) is 0. The molecular formula is C8H5FINO. The van der Waals surface area contributed by atoms with E-state index in [-0.39, 0.29) is 5.82 Å². The van der Waals surface area contributed by atoms with Gasteiger partial charge in [0, 0.05) is 9.64 Å². The summed E-state index contributed by atoms with van der Waals surface area (Å²) in [6.45, 7) is 1.76. The Labute approximate surface area is 82.6 Å². The van der Waals surface area contributed by atoms with Gasteiger partial charge in [-0.2, -0.15) is 4.99 Å².